The van der Waals surface area contributed by atoms with Crippen LogP contribution in [0.15, 0.2) is 34.8 Å². The van der Waals surface area contributed by atoms with Crippen molar-refractivity contribution in [1.29, 1.82) is 0 Å². The number of benzene rings is 1. The first-order valence-electron chi connectivity index (χ1n) is 5.78. The molecule has 1 aromatic carbocycles. The van der Waals surface area contributed by atoms with Gasteiger partial charge in [0.05, 0.1) is 17.1 Å². The summed E-state index contributed by atoms with van der Waals surface area (Å²) in [4.78, 5) is 11.4. The van der Waals surface area contributed by atoms with Gasteiger partial charge in [-0.15, -0.1) is 14.8 Å². The Morgan fingerprint density at radius 2 is 2.14 bits per heavy atom. The Labute approximate surface area is 126 Å². The third-order valence-corrected chi connectivity index (χ3v) is 3.23. The minimum atomic E-state index is -0.421. The number of halogens is 1. The molecule has 2 heterocycles. The van der Waals surface area contributed by atoms with E-state index >= 15 is 0 Å². The highest BCUT2D eigenvalue weighted by atomic mass is 79.9. The Morgan fingerprint density at radius 1 is 1.29 bits per heavy atom. The highest BCUT2D eigenvalue weighted by Gasteiger charge is 2.11. The van der Waals surface area contributed by atoms with E-state index in [9.17, 15) is 4.79 Å². The summed E-state index contributed by atoms with van der Waals surface area (Å²) >= 11 is 3.34. The van der Waals surface area contributed by atoms with Crippen LogP contribution in [0, 0.1) is 0 Å². The average Bonchev–Trinajstić information content (AvgIpc) is 2.96. The molecule has 0 aliphatic rings. The van der Waals surface area contributed by atoms with E-state index in [1.807, 2.05) is 0 Å². The fourth-order valence-corrected chi connectivity index (χ4v) is 2.09. The number of methoxy groups -OCH3 is 1. The van der Waals surface area contributed by atoms with Crippen LogP contribution >= 0.6 is 15.9 Å². The molecule has 0 saturated heterocycles. The zero-order valence-corrected chi connectivity index (χ0v) is 12.3. The number of carbonyl (C=O) groups is 1. The van der Waals surface area contributed by atoms with Crippen molar-refractivity contribution in [3.8, 4) is 11.6 Å². The number of hydrogen-bond donors (Lipinski definition) is 0. The first-order chi connectivity index (χ1) is 10.2. The van der Waals surface area contributed by atoms with E-state index in [2.05, 4.69) is 41.3 Å². The molecule has 0 spiro atoms. The number of esters is 1. The Kier molecular flexibility index (Phi) is 3.48. The van der Waals surface area contributed by atoms with Crippen LogP contribution in [-0.2, 0) is 4.74 Å². The molecule has 0 amide bonds. The highest BCUT2D eigenvalue weighted by Crippen LogP contribution is 2.29. The van der Waals surface area contributed by atoms with Crippen LogP contribution in [-0.4, -0.2) is 38.3 Å². The summed E-state index contributed by atoms with van der Waals surface area (Å²) in [6.45, 7) is 0. The van der Waals surface area contributed by atoms with Crippen molar-refractivity contribution >= 4 is 27.5 Å². The number of fused-ring (bicyclic) bond motifs is 1. The fraction of sp³-hybridized carbons (Fsp3) is 0.0833. The number of aromatic nitrogens is 5. The smallest absolute Gasteiger partial charge is 0.337 e. The number of carbonyl (C=O) groups excluding carboxylic acids is 1. The van der Waals surface area contributed by atoms with Gasteiger partial charge in [0.25, 0.3) is 0 Å². The summed E-state index contributed by atoms with van der Waals surface area (Å²) in [6.07, 6.45) is 0. The molecular weight excluding hydrogens is 342 g/mol. The zero-order chi connectivity index (χ0) is 14.8. The van der Waals surface area contributed by atoms with Gasteiger partial charge < -0.3 is 9.47 Å². The van der Waals surface area contributed by atoms with Crippen molar-refractivity contribution in [1.82, 2.24) is 25.3 Å². The van der Waals surface area contributed by atoms with E-state index in [1.54, 1.807) is 30.3 Å². The number of rotatable bonds is 3. The second-order valence-corrected chi connectivity index (χ2v) is 4.79. The molecule has 3 aromatic rings. The maximum absolute atomic E-state index is 11.4. The Balaban J connectivity index is 1.88. The molecular formula is C12H8BrN5O3. The van der Waals surface area contributed by atoms with Gasteiger partial charge in [-0.05, 0) is 50.6 Å². The topological polar surface area (TPSA) is 91.5 Å². The molecule has 21 heavy (non-hydrogen) atoms. The summed E-state index contributed by atoms with van der Waals surface area (Å²) in [6, 6.07) is 8.17. The van der Waals surface area contributed by atoms with Crippen molar-refractivity contribution < 1.29 is 14.3 Å². The van der Waals surface area contributed by atoms with Crippen LogP contribution in [0.25, 0.3) is 5.65 Å². The van der Waals surface area contributed by atoms with Crippen molar-refractivity contribution in [3.05, 3.63) is 40.4 Å². The lowest BCUT2D eigenvalue weighted by Gasteiger charge is -2.07. The van der Waals surface area contributed by atoms with Gasteiger partial charge in [0.1, 0.15) is 5.75 Å². The predicted octanol–water partition coefficient (Wildman–Crippen LogP) is 1.86. The SMILES string of the molecule is COC(=O)c1ccc(Oc2ccc3nnnn3n2)c(Br)c1. The second-order valence-electron chi connectivity index (χ2n) is 3.94. The van der Waals surface area contributed by atoms with Gasteiger partial charge in [-0.25, -0.2) is 4.79 Å². The van der Waals surface area contributed by atoms with Gasteiger partial charge in [0.15, 0.2) is 5.65 Å². The molecule has 106 valence electrons. The molecule has 0 radical (unpaired) electrons. The zero-order valence-electron chi connectivity index (χ0n) is 10.7. The van der Waals surface area contributed by atoms with Crippen LogP contribution in [0.2, 0.25) is 0 Å². The second kappa shape index (κ2) is 5.44. The molecule has 0 bridgehead atoms. The molecule has 0 unspecified atom stereocenters. The van der Waals surface area contributed by atoms with Crippen LogP contribution in [0.3, 0.4) is 0 Å². The Morgan fingerprint density at radius 3 is 2.90 bits per heavy atom. The van der Waals surface area contributed by atoms with Gasteiger partial charge in [-0.2, -0.15) is 0 Å². The lowest BCUT2D eigenvalue weighted by Crippen LogP contribution is -2.01. The standard InChI is InChI=1S/C12H8BrN5O3/c1-20-12(19)7-2-3-9(8(13)6-7)21-11-5-4-10-14-16-17-18(10)15-11/h2-6H,1H3. The minimum absolute atomic E-state index is 0.321. The normalized spacial score (nSPS) is 10.6. The fourth-order valence-electron chi connectivity index (χ4n) is 1.63. The number of tetrazole rings is 1. The summed E-state index contributed by atoms with van der Waals surface area (Å²) in [5.74, 6) is 0.402. The molecule has 0 aliphatic carbocycles. The Bertz CT molecular complexity index is 820. The highest BCUT2D eigenvalue weighted by molar-refractivity contribution is 9.10. The van der Waals surface area contributed by atoms with Gasteiger partial charge >= 0.3 is 5.97 Å². The third kappa shape index (κ3) is 2.68. The number of nitrogens with zero attached hydrogens (tertiary/aromatic N) is 5. The van der Waals surface area contributed by atoms with E-state index < -0.39 is 5.97 Å². The van der Waals surface area contributed by atoms with E-state index in [0.717, 1.165) is 0 Å². The van der Waals surface area contributed by atoms with E-state index in [4.69, 9.17) is 4.74 Å². The predicted molar refractivity (Wildman–Crippen MR) is 74.1 cm³/mol. The quantitative estimate of drug-likeness (QED) is 0.666. The summed E-state index contributed by atoms with van der Waals surface area (Å²) in [5, 5.41) is 15.0. The maximum atomic E-state index is 11.4. The average molecular weight is 350 g/mol. The first-order valence-corrected chi connectivity index (χ1v) is 6.58. The lowest BCUT2D eigenvalue weighted by atomic mass is 10.2. The molecule has 8 nitrogen and oxygen atoms in total. The van der Waals surface area contributed by atoms with E-state index in [-0.39, 0.29) is 0 Å². The number of hydrogen-bond acceptors (Lipinski definition) is 7. The molecule has 3 rings (SSSR count). The van der Waals surface area contributed by atoms with Crippen LogP contribution in [0.1, 0.15) is 10.4 Å². The molecule has 0 atom stereocenters. The summed E-state index contributed by atoms with van der Waals surface area (Å²) < 4.78 is 12.1. The van der Waals surface area contributed by atoms with E-state index in [1.165, 1.54) is 11.7 Å². The molecule has 0 aliphatic heterocycles. The molecule has 2 aromatic heterocycles. The summed E-state index contributed by atoms with van der Waals surface area (Å²) in [7, 11) is 1.33. The molecule has 0 saturated carbocycles. The molecule has 0 fully saturated rings. The number of ether oxygens (including phenoxy) is 2. The van der Waals surface area contributed by atoms with Gasteiger partial charge in [-0.1, -0.05) is 0 Å². The third-order valence-electron chi connectivity index (χ3n) is 2.61. The van der Waals surface area contributed by atoms with Crippen molar-refractivity contribution in [2.45, 2.75) is 0 Å². The Hall–Kier alpha value is -2.55. The van der Waals surface area contributed by atoms with Crippen LogP contribution in [0.5, 0.6) is 11.6 Å². The summed E-state index contributed by atoms with van der Waals surface area (Å²) in [5.41, 5.74) is 0.933. The molecule has 9 heteroatoms. The van der Waals surface area contributed by atoms with Gasteiger partial charge in [0.2, 0.25) is 5.88 Å². The first kappa shape index (κ1) is 13.4. The van der Waals surface area contributed by atoms with E-state index in [0.29, 0.717) is 27.3 Å². The lowest BCUT2D eigenvalue weighted by molar-refractivity contribution is 0.0600. The largest absolute Gasteiger partial charge is 0.465 e. The van der Waals surface area contributed by atoms with Crippen LogP contribution < -0.4 is 4.74 Å². The van der Waals surface area contributed by atoms with Crippen molar-refractivity contribution in [2.24, 2.45) is 0 Å². The monoisotopic (exact) mass is 349 g/mol. The minimum Gasteiger partial charge on any atom is -0.465 e. The molecule has 0 N–H and O–H groups in total. The van der Waals surface area contributed by atoms with Crippen LogP contribution in [0.4, 0.5) is 0 Å². The van der Waals surface area contributed by atoms with Crippen molar-refractivity contribution in [3.63, 3.8) is 0 Å². The van der Waals surface area contributed by atoms with Gasteiger partial charge in [-0.3, -0.25) is 0 Å². The van der Waals surface area contributed by atoms with Crippen molar-refractivity contribution in [2.75, 3.05) is 7.11 Å². The van der Waals surface area contributed by atoms with Gasteiger partial charge in [0, 0.05) is 6.07 Å². The maximum Gasteiger partial charge on any atom is 0.337 e.